The summed E-state index contributed by atoms with van der Waals surface area (Å²) in [5.74, 6) is -0.432. The van der Waals surface area contributed by atoms with E-state index < -0.39 is 5.67 Å². The zero-order valence-electron chi connectivity index (χ0n) is 8.48. The Morgan fingerprint density at radius 1 is 1.50 bits per heavy atom. The average Bonchev–Trinajstić information content (AvgIpc) is 2.03. The molecule has 0 saturated heterocycles. The molecule has 0 aromatic rings. The number of halogens is 1. The Morgan fingerprint density at radius 2 is 2.00 bits per heavy atom. The van der Waals surface area contributed by atoms with Gasteiger partial charge in [0.2, 0.25) is 0 Å². The Balaban J connectivity index is 4.26. The van der Waals surface area contributed by atoms with Crippen molar-refractivity contribution in [2.75, 3.05) is 0 Å². The van der Waals surface area contributed by atoms with Crippen molar-refractivity contribution in [3.05, 3.63) is 0 Å². The summed E-state index contributed by atoms with van der Waals surface area (Å²) < 4.78 is 13.7. The first-order valence-corrected chi connectivity index (χ1v) is 4.69. The SMILES string of the molecule is CCC[C@H](C)C(C)(F)C(=O)CC. The Morgan fingerprint density at radius 3 is 2.33 bits per heavy atom. The summed E-state index contributed by atoms with van der Waals surface area (Å²) in [4.78, 5) is 11.2. The number of Topliss-reactive ketones (excluding diaryl/α,β-unsaturated/α-hetero) is 1. The van der Waals surface area contributed by atoms with E-state index in [1.54, 1.807) is 13.8 Å². The fourth-order valence-electron chi connectivity index (χ4n) is 1.32. The minimum absolute atomic E-state index is 0.157. The lowest BCUT2D eigenvalue weighted by atomic mass is 9.84. The van der Waals surface area contributed by atoms with Crippen molar-refractivity contribution < 1.29 is 9.18 Å². The smallest absolute Gasteiger partial charge is 0.169 e. The summed E-state index contributed by atoms with van der Waals surface area (Å²) in [7, 11) is 0. The van der Waals surface area contributed by atoms with E-state index >= 15 is 0 Å². The molecule has 0 fully saturated rings. The first kappa shape index (κ1) is 11.6. The molecule has 1 unspecified atom stereocenters. The summed E-state index contributed by atoms with van der Waals surface area (Å²) in [6.45, 7) is 6.91. The molecule has 0 rings (SSSR count). The van der Waals surface area contributed by atoms with E-state index in [1.807, 2.05) is 6.92 Å². The van der Waals surface area contributed by atoms with Crippen LogP contribution in [-0.2, 0) is 4.79 Å². The van der Waals surface area contributed by atoms with Gasteiger partial charge in [0.15, 0.2) is 11.5 Å². The average molecular weight is 174 g/mol. The van der Waals surface area contributed by atoms with Gasteiger partial charge < -0.3 is 0 Å². The van der Waals surface area contributed by atoms with E-state index in [0.717, 1.165) is 12.8 Å². The Hall–Kier alpha value is -0.400. The van der Waals surface area contributed by atoms with Crippen molar-refractivity contribution in [3.8, 4) is 0 Å². The van der Waals surface area contributed by atoms with Gasteiger partial charge in [-0.3, -0.25) is 4.79 Å². The number of alkyl halides is 1. The Kier molecular flexibility index (Phi) is 4.43. The van der Waals surface area contributed by atoms with Crippen LogP contribution in [0.15, 0.2) is 0 Å². The van der Waals surface area contributed by atoms with E-state index in [1.165, 1.54) is 6.92 Å². The molecule has 72 valence electrons. The van der Waals surface area contributed by atoms with Gasteiger partial charge in [-0.25, -0.2) is 4.39 Å². The van der Waals surface area contributed by atoms with E-state index in [2.05, 4.69) is 0 Å². The van der Waals surface area contributed by atoms with Crippen molar-refractivity contribution >= 4 is 5.78 Å². The molecule has 0 aliphatic heterocycles. The van der Waals surface area contributed by atoms with Gasteiger partial charge in [-0.15, -0.1) is 0 Å². The molecular weight excluding hydrogens is 155 g/mol. The molecule has 0 heterocycles. The van der Waals surface area contributed by atoms with Crippen LogP contribution >= 0.6 is 0 Å². The van der Waals surface area contributed by atoms with Gasteiger partial charge in [0.05, 0.1) is 0 Å². The summed E-state index contributed by atoms with van der Waals surface area (Å²) >= 11 is 0. The second-order valence-electron chi connectivity index (χ2n) is 3.54. The summed E-state index contributed by atoms with van der Waals surface area (Å²) in [6, 6.07) is 0. The molecule has 0 amide bonds. The van der Waals surface area contributed by atoms with Crippen molar-refractivity contribution in [1.29, 1.82) is 0 Å². The number of carbonyl (C=O) groups excluding carboxylic acids is 1. The molecule has 12 heavy (non-hydrogen) atoms. The molecule has 2 atom stereocenters. The molecule has 0 aromatic carbocycles. The zero-order valence-corrected chi connectivity index (χ0v) is 8.48. The van der Waals surface area contributed by atoms with Crippen molar-refractivity contribution in [2.24, 2.45) is 5.92 Å². The van der Waals surface area contributed by atoms with Gasteiger partial charge in [-0.2, -0.15) is 0 Å². The van der Waals surface area contributed by atoms with Crippen LogP contribution in [0, 0.1) is 5.92 Å². The topological polar surface area (TPSA) is 17.1 Å². The predicted octanol–water partition coefficient (Wildman–Crippen LogP) is 3.13. The van der Waals surface area contributed by atoms with Crippen LogP contribution in [0.4, 0.5) is 4.39 Å². The lowest BCUT2D eigenvalue weighted by molar-refractivity contribution is -0.132. The first-order valence-electron chi connectivity index (χ1n) is 4.69. The van der Waals surface area contributed by atoms with Crippen LogP contribution in [0.5, 0.6) is 0 Å². The van der Waals surface area contributed by atoms with Crippen LogP contribution in [0.25, 0.3) is 0 Å². The third kappa shape index (κ3) is 2.58. The van der Waals surface area contributed by atoms with Crippen molar-refractivity contribution in [3.63, 3.8) is 0 Å². The second-order valence-corrected chi connectivity index (χ2v) is 3.54. The van der Waals surface area contributed by atoms with Gasteiger partial charge in [-0.05, 0) is 19.3 Å². The van der Waals surface area contributed by atoms with E-state index in [9.17, 15) is 9.18 Å². The third-order valence-corrected chi connectivity index (χ3v) is 2.51. The number of ketones is 1. The third-order valence-electron chi connectivity index (χ3n) is 2.51. The lowest BCUT2D eigenvalue weighted by Crippen LogP contribution is -2.36. The molecular formula is C10H19FO. The minimum Gasteiger partial charge on any atom is -0.296 e. The number of hydrogen-bond acceptors (Lipinski definition) is 1. The molecule has 0 aliphatic carbocycles. The molecule has 0 radical (unpaired) electrons. The molecule has 0 N–H and O–H groups in total. The van der Waals surface area contributed by atoms with Gasteiger partial charge in [-0.1, -0.05) is 27.2 Å². The van der Waals surface area contributed by atoms with Gasteiger partial charge in [0.1, 0.15) is 0 Å². The highest BCUT2D eigenvalue weighted by Crippen LogP contribution is 2.27. The van der Waals surface area contributed by atoms with Crippen molar-refractivity contribution in [2.45, 2.75) is 52.6 Å². The lowest BCUT2D eigenvalue weighted by Gasteiger charge is -2.25. The van der Waals surface area contributed by atoms with Crippen LogP contribution in [0.3, 0.4) is 0 Å². The number of rotatable bonds is 5. The second kappa shape index (κ2) is 4.58. The van der Waals surface area contributed by atoms with Crippen LogP contribution in [-0.4, -0.2) is 11.5 Å². The van der Waals surface area contributed by atoms with E-state index in [0.29, 0.717) is 6.42 Å². The quantitative estimate of drug-likeness (QED) is 0.625. The van der Waals surface area contributed by atoms with Crippen molar-refractivity contribution in [1.82, 2.24) is 0 Å². The highest BCUT2D eigenvalue weighted by molar-refractivity contribution is 5.86. The standard InChI is InChI=1S/C10H19FO/c1-5-7-8(3)10(4,11)9(12)6-2/h8H,5-7H2,1-4H3/t8-,10?/m0/s1. The van der Waals surface area contributed by atoms with E-state index in [4.69, 9.17) is 0 Å². The number of carbonyl (C=O) groups is 1. The predicted molar refractivity (Wildman–Crippen MR) is 48.9 cm³/mol. The minimum atomic E-state index is -1.62. The molecule has 2 heteroatoms. The van der Waals surface area contributed by atoms with Gasteiger partial charge >= 0.3 is 0 Å². The summed E-state index contributed by atoms with van der Waals surface area (Å²) in [6.07, 6.45) is 2.00. The highest BCUT2D eigenvalue weighted by atomic mass is 19.1. The Labute approximate surface area is 74.4 Å². The Bertz CT molecular complexity index is 152. The fourth-order valence-corrected chi connectivity index (χ4v) is 1.32. The maximum absolute atomic E-state index is 13.7. The highest BCUT2D eigenvalue weighted by Gasteiger charge is 2.36. The fraction of sp³-hybridized carbons (Fsp3) is 0.900. The molecule has 0 spiro atoms. The normalized spacial score (nSPS) is 18.4. The monoisotopic (exact) mass is 174 g/mol. The molecule has 0 aliphatic rings. The van der Waals surface area contributed by atoms with Gasteiger partial charge in [0, 0.05) is 6.42 Å². The summed E-state index contributed by atoms with van der Waals surface area (Å²) in [5, 5.41) is 0. The van der Waals surface area contributed by atoms with Crippen LogP contribution in [0.2, 0.25) is 0 Å². The maximum Gasteiger partial charge on any atom is 0.169 e. The largest absolute Gasteiger partial charge is 0.296 e. The number of hydrogen-bond donors (Lipinski definition) is 0. The van der Waals surface area contributed by atoms with Gasteiger partial charge in [0.25, 0.3) is 0 Å². The zero-order chi connectivity index (χ0) is 9.78. The molecule has 0 bridgehead atoms. The van der Waals surface area contributed by atoms with Crippen LogP contribution < -0.4 is 0 Å². The first-order chi connectivity index (χ1) is 5.46. The molecule has 1 nitrogen and oxygen atoms in total. The van der Waals surface area contributed by atoms with E-state index in [-0.39, 0.29) is 11.7 Å². The molecule has 0 saturated carbocycles. The van der Waals surface area contributed by atoms with Crippen LogP contribution in [0.1, 0.15) is 47.0 Å². The maximum atomic E-state index is 13.7. The summed E-state index contributed by atoms with van der Waals surface area (Å²) in [5.41, 5.74) is -1.62. The molecule has 0 aromatic heterocycles.